The monoisotopic (exact) mass is 230 g/mol. The van der Waals surface area contributed by atoms with Crippen LogP contribution in [0.1, 0.15) is 36.8 Å². The Bertz CT molecular complexity index is 434. The van der Waals surface area contributed by atoms with E-state index in [0.29, 0.717) is 6.10 Å². The Morgan fingerprint density at radius 1 is 1.35 bits per heavy atom. The van der Waals surface area contributed by atoms with Crippen molar-refractivity contribution in [1.82, 2.24) is 0 Å². The van der Waals surface area contributed by atoms with Crippen LogP contribution >= 0.6 is 0 Å². The molecular weight excluding hydrogens is 212 g/mol. The predicted molar refractivity (Wildman–Crippen MR) is 68.0 cm³/mol. The molecule has 0 radical (unpaired) electrons. The fourth-order valence-electron chi connectivity index (χ4n) is 2.16. The first-order valence-electron chi connectivity index (χ1n) is 6.16. The van der Waals surface area contributed by atoms with E-state index < -0.39 is 0 Å². The largest absolute Gasteiger partial charge is 0.489 e. The summed E-state index contributed by atoms with van der Waals surface area (Å²) in [7, 11) is 0. The quantitative estimate of drug-likeness (QED) is 0.791. The highest BCUT2D eigenvalue weighted by molar-refractivity contribution is 5.48. The van der Waals surface area contributed by atoms with Crippen molar-refractivity contribution < 1.29 is 9.84 Å². The standard InChI is InChI=1S/C15H18O2/c1-12-8-9-15(13(11-12)5-4-10-16)17-14-6-2-3-7-14/h8-9,11,14,16H,2-3,6-7,10H2,1H3. The van der Waals surface area contributed by atoms with Gasteiger partial charge in [0.05, 0.1) is 11.7 Å². The molecule has 17 heavy (non-hydrogen) atoms. The summed E-state index contributed by atoms with van der Waals surface area (Å²) in [6.07, 6.45) is 5.14. The van der Waals surface area contributed by atoms with Gasteiger partial charge in [0.25, 0.3) is 0 Å². The van der Waals surface area contributed by atoms with E-state index in [1.807, 2.05) is 25.1 Å². The fourth-order valence-corrected chi connectivity index (χ4v) is 2.16. The Balaban J connectivity index is 2.19. The number of rotatable bonds is 2. The molecule has 0 spiro atoms. The van der Waals surface area contributed by atoms with E-state index >= 15 is 0 Å². The summed E-state index contributed by atoms with van der Waals surface area (Å²) in [6.45, 7) is 1.92. The molecule has 0 unspecified atom stereocenters. The number of aryl methyl sites for hydroxylation is 1. The molecule has 0 aliphatic heterocycles. The van der Waals surface area contributed by atoms with Gasteiger partial charge in [0.2, 0.25) is 0 Å². The van der Waals surface area contributed by atoms with Gasteiger partial charge in [-0.15, -0.1) is 0 Å². The van der Waals surface area contributed by atoms with Gasteiger partial charge in [-0.1, -0.05) is 17.9 Å². The molecule has 1 aromatic rings. The van der Waals surface area contributed by atoms with E-state index in [1.54, 1.807) is 0 Å². The molecule has 1 aliphatic carbocycles. The maximum atomic E-state index is 8.76. The molecule has 0 amide bonds. The molecule has 0 bridgehead atoms. The number of hydrogen-bond donors (Lipinski definition) is 1. The fraction of sp³-hybridized carbons (Fsp3) is 0.467. The van der Waals surface area contributed by atoms with Crippen molar-refractivity contribution in [3.05, 3.63) is 29.3 Å². The Hall–Kier alpha value is -1.46. The summed E-state index contributed by atoms with van der Waals surface area (Å²) in [5, 5.41) is 8.76. The minimum atomic E-state index is -0.114. The van der Waals surface area contributed by atoms with Gasteiger partial charge in [0.1, 0.15) is 12.4 Å². The van der Waals surface area contributed by atoms with Crippen molar-refractivity contribution in [1.29, 1.82) is 0 Å². The molecular formula is C15H18O2. The molecule has 1 N–H and O–H groups in total. The molecule has 1 saturated carbocycles. The van der Waals surface area contributed by atoms with Gasteiger partial charge in [0, 0.05) is 0 Å². The first kappa shape index (κ1) is 12.0. The van der Waals surface area contributed by atoms with Gasteiger partial charge in [-0.3, -0.25) is 0 Å². The van der Waals surface area contributed by atoms with E-state index in [2.05, 4.69) is 11.8 Å². The molecule has 2 nitrogen and oxygen atoms in total. The third kappa shape index (κ3) is 3.25. The zero-order valence-corrected chi connectivity index (χ0v) is 10.2. The third-order valence-corrected chi connectivity index (χ3v) is 3.03. The molecule has 1 aromatic carbocycles. The van der Waals surface area contributed by atoms with Crippen molar-refractivity contribution in [2.24, 2.45) is 0 Å². The lowest BCUT2D eigenvalue weighted by Gasteiger charge is -2.14. The second-order valence-electron chi connectivity index (χ2n) is 4.48. The molecule has 1 fully saturated rings. The molecule has 1 aliphatic rings. The lowest BCUT2D eigenvalue weighted by atomic mass is 10.1. The van der Waals surface area contributed by atoms with Crippen LogP contribution in [-0.4, -0.2) is 17.8 Å². The van der Waals surface area contributed by atoms with Crippen LogP contribution in [0.25, 0.3) is 0 Å². The summed E-state index contributed by atoms with van der Waals surface area (Å²) in [6, 6.07) is 6.02. The van der Waals surface area contributed by atoms with E-state index in [0.717, 1.165) is 29.7 Å². The van der Waals surface area contributed by atoms with Crippen molar-refractivity contribution in [3.8, 4) is 17.6 Å². The van der Waals surface area contributed by atoms with Crippen LogP contribution in [0.15, 0.2) is 18.2 Å². The second-order valence-corrected chi connectivity index (χ2v) is 4.48. The molecule has 0 aromatic heterocycles. The summed E-state index contributed by atoms with van der Waals surface area (Å²) in [4.78, 5) is 0. The maximum Gasteiger partial charge on any atom is 0.135 e. The molecule has 2 heteroatoms. The first-order valence-corrected chi connectivity index (χ1v) is 6.16. The van der Waals surface area contributed by atoms with Gasteiger partial charge in [-0.25, -0.2) is 0 Å². The van der Waals surface area contributed by atoms with Crippen LogP contribution in [-0.2, 0) is 0 Å². The van der Waals surface area contributed by atoms with Crippen LogP contribution in [0.5, 0.6) is 5.75 Å². The molecule has 0 heterocycles. The average molecular weight is 230 g/mol. The smallest absolute Gasteiger partial charge is 0.135 e. The Morgan fingerprint density at radius 2 is 2.12 bits per heavy atom. The highest BCUT2D eigenvalue weighted by Crippen LogP contribution is 2.26. The van der Waals surface area contributed by atoms with Crippen LogP contribution in [0.3, 0.4) is 0 Å². The minimum absolute atomic E-state index is 0.114. The summed E-state index contributed by atoms with van der Waals surface area (Å²) >= 11 is 0. The predicted octanol–water partition coefficient (Wildman–Crippen LogP) is 2.66. The van der Waals surface area contributed by atoms with Crippen molar-refractivity contribution in [2.75, 3.05) is 6.61 Å². The van der Waals surface area contributed by atoms with E-state index in [4.69, 9.17) is 9.84 Å². The summed E-state index contributed by atoms with van der Waals surface area (Å²) in [5.74, 6) is 6.49. The van der Waals surface area contributed by atoms with Gasteiger partial charge in [-0.05, 0) is 50.3 Å². The van der Waals surface area contributed by atoms with Gasteiger partial charge in [-0.2, -0.15) is 0 Å². The first-order chi connectivity index (χ1) is 8.29. The van der Waals surface area contributed by atoms with Crippen molar-refractivity contribution in [3.63, 3.8) is 0 Å². The van der Waals surface area contributed by atoms with E-state index in [-0.39, 0.29) is 6.61 Å². The Morgan fingerprint density at radius 3 is 2.82 bits per heavy atom. The minimum Gasteiger partial charge on any atom is -0.489 e. The number of aliphatic hydroxyl groups excluding tert-OH is 1. The van der Waals surface area contributed by atoms with Gasteiger partial charge < -0.3 is 9.84 Å². The summed E-state index contributed by atoms with van der Waals surface area (Å²) < 4.78 is 5.97. The Labute approximate surface area is 103 Å². The maximum absolute atomic E-state index is 8.76. The van der Waals surface area contributed by atoms with E-state index in [1.165, 1.54) is 12.8 Å². The average Bonchev–Trinajstić information content (AvgIpc) is 2.82. The molecule has 0 atom stereocenters. The molecule has 0 saturated heterocycles. The van der Waals surface area contributed by atoms with Gasteiger partial charge in [0.15, 0.2) is 0 Å². The van der Waals surface area contributed by atoms with Crippen LogP contribution in [0.2, 0.25) is 0 Å². The van der Waals surface area contributed by atoms with Crippen LogP contribution < -0.4 is 4.74 Å². The van der Waals surface area contributed by atoms with Crippen LogP contribution in [0, 0.1) is 18.8 Å². The van der Waals surface area contributed by atoms with Gasteiger partial charge >= 0.3 is 0 Å². The highest BCUT2D eigenvalue weighted by atomic mass is 16.5. The van der Waals surface area contributed by atoms with Crippen LogP contribution in [0.4, 0.5) is 0 Å². The second kappa shape index (κ2) is 5.75. The molecule has 2 rings (SSSR count). The lowest BCUT2D eigenvalue weighted by Crippen LogP contribution is -2.11. The van der Waals surface area contributed by atoms with Crippen molar-refractivity contribution >= 4 is 0 Å². The number of hydrogen-bond acceptors (Lipinski definition) is 2. The number of ether oxygens (including phenoxy) is 1. The summed E-state index contributed by atoms with van der Waals surface area (Å²) in [5.41, 5.74) is 2.04. The highest BCUT2D eigenvalue weighted by Gasteiger charge is 2.17. The molecule has 90 valence electrons. The SMILES string of the molecule is Cc1ccc(OC2CCCC2)c(C#CCO)c1. The zero-order chi connectivity index (χ0) is 12.1. The Kier molecular flexibility index (Phi) is 4.06. The normalized spacial score (nSPS) is 15.4. The topological polar surface area (TPSA) is 29.5 Å². The number of benzene rings is 1. The number of aliphatic hydroxyl groups is 1. The van der Waals surface area contributed by atoms with Crippen molar-refractivity contribution in [2.45, 2.75) is 38.7 Å². The third-order valence-electron chi connectivity index (χ3n) is 3.03. The lowest BCUT2D eigenvalue weighted by molar-refractivity contribution is 0.209. The van der Waals surface area contributed by atoms with E-state index in [9.17, 15) is 0 Å². The zero-order valence-electron chi connectivity index (χ0n) is 10.2.